The van der Waals surface area contributed by atoms with Crippen molar-refractivity contribution in [3.63, 3.8) is 0 Å². The zero-order valence-electron chi connectivity index (χ0n) is 11.7. The number of aromatic nitrogens is 2. The van der Waals surface area contributed by atoms with Crippen molar-refractivity contribution in [2.45, 2.75) is 0 Å². The molecular weight excluding hydrogens is 284 g/mol. The standard InChI is InChI=1S/C16H12N2O4/c1-21-14(19)10-5-4-6-11(9-10)15(20)22-16-17-12-7-2-3-8-13(12)18-16/h2-9H,1H3,(H,17,18). The van der Waals surface area contributed by atoms with E-state index in [2.05, 4.69) is 14.7 Å². The molecule has 2 aromatic carbocycles. The lowest BCUT2D eigenvalue weighted by molar-refractivity contribution is 0.0600. The van der Waals surface area contributed by atoms with E-state index in [0.29, 0.717) is 5.52 Å². The first-order valence-corrected chi connectivity index (χ1v) is 6.52. The van der Waals surface area contributed by atoms with Gasteiger partial charge in [-0.05, 0) is 30.3 Å². The third kappa shape index (κ3) is 2.67. The van der Waals surface area contributed by atoms with Gasteiger partial charge in [0.2, 0.25) is 0 Å². The molecule has 0 atom stereocenters. The molecule has 6 heteroatoms. The summed E-state index contributed by atoms with van der Waals surface area (Å²) < 4.78 is 9.82. The zero-order valence-corrected chi connectivity index (χ0v) is 11.7. The van der Waals surface area contributed by atoms with Crippen molar-refractivity contribution in [3.8, 4) is 6.01 Å². The summed E-state index contributed by atoms with van der Waals surface area (Å²) in [6.45, 7) is 0. The average Bonchev–Trinajstić information content (AvgIpc) is 2.96. The van der Waals surface area contributed by atoms with Crippen molar-refractivity contribution in [2.75, 3.05) is 7.11 Å². The highest BCUT2D eigenvalue weighted by molar-refractivity contribution is 5.96. The summed E-state index contributed by atoms with van der Waals surface area (Å²) in [5.74, 6) is -1.12. The molecule has 0 radical (unpaired) electrons. The van der Waals surface area contributed by atoms with Crippen LogP contribution in [0.25, 0.3) is 11.0 Å². The van der Waals surface area contributed by atoms with Gasteiger partial charge in [0, 0.05) is 0 Å². The highest BCUT2D eigenvalue weighted by atomic mass is 16.5. The van der Waals surface area contributed by atoms with Gasteiger partial charge in [0.25, 0.3) is 0 Å². The maximum atomic E-state index is 12.1. The van der Waals surface area contributed by atoms with Crippen LogP contribution in [0, 0.1) is 0 Å². The molecular formula is C16H12N2O4. The van der Waals surface area contributed by atoms with Gasteiger partial charge in [-0.25, -0.2) is 9.59 Å². The van der Waals surface area contributed by atoms with Crippen molar-refractivity contribution in [2.24, 2.45) is 0 Å². The van der Waals surface area contributed by atoms with Crippen molar-refractivity contribution in [3.05, 3.63) is 59.7 Å². The van der Waals surface area contributed by atoms with E-state index >= 15 is 0 Å². The first-order chi connectivity index (χ1) is 10.7. The fourth-order valence-corrected chi connectivity index (χ4v) is 2.02. The molecule has 1 aromatic heterocycles. The molecule has 0 aliphatic rings. The number of aromatic amines is 1. The number of benzene rings is 2. The summed E-state index contributed by atoms with van der Waals surface area (Å²) >= 11 is 0. The molecule has 0 saturated carbocycles. The molecule has 1 heterocycles. The van der Waals surface area contributed by atoms with Gasteiger partial charge in [0.1, 0.15) is 0 Å². The second-order valence-electron chi connectivity index (χ2n) is 4.52. The quantitative estimate of drug-likeness (QED) is 0.751. The van der Waals surface area contributed by atoms with Crippen LogP contribution >= 0.6 is 0 Å². The van der Waals surface area contributed by atoms with Crippen LogP contribution in [0.15, 0.2) is 48.5 Å². The van der Waals surface area contributed by atoms with Gasteiger partial charge in [0.15, 0.2) is 0 Å². The lowest BCUT2D eigenvalue weighted by Gasteiger charge is -2.03. The van der Waals surface area contributed by atoms with Crippen LogP contribution in [0.5, 0.6) is 6.01 Å². The number of hydrogen-bond donors (Lipinski definition) is 1. The van der Waals surface area contributed by atoms with Crippen LogP contribution in [0.4, 0.5) is 0 Å². The average molecular weight is 296 g/mol. The maximum absolute atomic E-state index is 12.1. The van der Waals surface area contributed by atoms with Gasteiger partial charge in [0.05, 0.1) is 29.3 Å². The van der Waals surface area contributed by atoms with Gasteiger partial charge >= 0.3 is 17.9 Å². The summed E-state index contributed by atoms with van der Waals surface area (Å²) in [6, 6.07) is 13.5. The minimum absolute atomic E-state index is 0.106. The number of rotatable bonds is 3. The minimum atomic E-state index is -0.607. The van der Waals surface area contributed by atoms with Crippen LogP contribution in [-0.4, -0.2) is 29.0 Å². The van der Waals surface area contributed by atoms with E-state index in [1.54, 1.807) is 24.3 Å². The Balaban J connectivity index is 1.83. The summed E-state index contributed by atoms with van der Waals surface area (Å²) in [5, 5.41) is 0. The number of imidazole rings is 1. The molecule has 0 bridgehead atoms. The summed E-state index contributed by atoms with van der Waals surface area (Å²) in [4.78, 5) is 30.7. The van der Waals surface area contributed by atoms with Crippen molar-refractivity contribution >= 4 is 23.0 Å². The molecule has 1 N–H and O–H groups in total. The smallest absolute Gasteiger partial charge is 0.345 e. The number of methoxy groups -OCH3 is 1. The van der Waals surface area contributed by atoms with Crippen molar-refractivity contribution < 1.29 is 19.1 Å². The molecule has 3 rings (SSSR count). The number of para-hydroxylation sites is 2. The molecule has 0 amide bonds. The van der Waals surface area contributed by atoms with Gasteiger partial charge < -0.3 is 14.5 Å². The number of fused-ring (bicyclic) bond motifs is 1. The van der Waals surface area contributed by atoms with E-state index in [1.165, 1.54) is 13.2 Å². The summed E-state index contributed by atoms with van der Waals surface area (Å²) in [7, 11) is 1.28. The van der Waals surface area contributed by atoms with Gasteiger partial charge in [-0.1, -0.05) is 18.2 Å². The molecule has 22 heavy (non-hydrogen) atoms. The Labute approximate surface area is 125 Å². The van der Waals surface area contributed by atoms with Crippen LogP contribution in [0.2, 0.25) is 0 Å². The topological polar surface area (TPSA) is 81.3 Å². The molecule has 0 fully saturated rings. The first kappa shape index (κ1) is 13.8. The molecule has 0 aliphatic heterocycles. The number of hydrogen-bond acceptors (Lipinski definition) is 5. The molecule has 6 nitrogen and oxygen atoms in total. The Bertz CT molecular complexity index is 821. The monoisotopic (exact) mass is 296 g/mol. The Morgan fingerprint density at radius 3 is 2.45 bits per heavy atom. The molecule has 3 aromatic rings. The minimum Gasteiger partial charge on any atom is -0.465 e. The maximum Gasteiger partial charge on any atom is 0.345 e. The number of esters is 2. The zero-order chi connectivity index (χ0) is 15.5. The Kier molecular flexibility index (Phi) is 3.57. The van der Waals surface area contributed by atoms with E-state index < -0.39 is 11.9 Å². The highest BCUT2D eigenvalue weighted by Crippen LogP contribution is 2.16. The molecule has 0 aliphatic carbocycles. The summed E-state index contributed by atoms with van der Waals surface area (Å²) in [6.07, 6.45) is 0. The molecule has 0 unspecified atom stereocenters. The van der Waals surface area contributed by atoms with Crippen molar-refractivity contribution in [1.29, 1.82) is 0 Å². The predicted octanol–water partition coefficient (Wildman–Crippen LogP) is 2.57. The largest absolute Gasteiger partial charge is 0.465 e. The van der Waals surface area contributed by atoms with Gasteiger partial charge in [-0.15, -0.1) is 0 Å². The number of nitrogens with zero attached hydrogens (tertiary/aromatic N) is 1. The lowest BCUT2D eigenvalue weighted by atomic mass is 10.1. The Morgan fingerprint density at radius 1 is 1.00 bits per heavy atom. The third-order valence-corrected chi connectivity index (χ3v) is 3.08. The van der Waals surface area contributed by atoms with Crippen LogP contribution in [-0.2, 0) is 4.74 Å². The van der Waals surface area contributed by atoms with Gasteiger partial charge in [-0.3, -0.25) is 0 Å². The Hall–Kier alpha value is -3.15. The second-order valence-corrected chi connectivity index (χ2v) is 4.52. The normalized spacial score (nSPS) is 10.4. The van der Waals surface area contributed by atoms with E-state index in [-0.39, 0.29) is 17.1 Å². The van der Waals surface area contributed by atoms with E-state index in [0.717, 1.165) is 5.52 Å². The molecule has 0 spiro atoms. The summed E-state index contributed by atoms with van der Waals surface area (Å²) in [5.41, 5.74) is 1.99. The highest BCUT2D eigenvalue weighted by Gasteiger charge is 2.14. The second kappa shape index (κ2) is 5.69. The van der Waals surface area contributed by atoms with Crippen LogP contribution < -0.4 is 4.74 Å². The fourth-order valence-electron chi connectivity index (χ4n) is 2.02. The molecule has 110 valence electrons. The number of carbonyl (C=O) groups excluding carboxylic acids is 2. The van der Waals surface area contributed by atoms with Crippen LogP contribution in [0.1, 0.15) is 20.7 Å². The van der Waals surface area contributed by atoms with E-state index in [4.69, 9.17) is 4.74 Å². The number of nitrogens with one attached hydrogen (secondary N) is 1. The van der Waals surface area contributed by atoms with Gasteiger partial charge in [-0.2, -0.15) is 4.98 Å². The predicted molar refractivity (Wildman–Crippen MR) is 78.8 cm³/mol. The van der Waals surface area contributed by atoms with E-state index in [1.807, 2.05) is 18.2 Å². The fraction of sp³-hybridized carbons (Fsp3) is 0.0625. The van der Waals surface area contributed by atoms with E-state index in [9.17, 15) is 9.59 Å². The number of H-pyrrole nitrogens is 1. The Morgan fingerprint density at radius 2 is 1.73 bits per heavy atom. The SMILES string of the molecule is COC(=O)c1cccc(C(=O)Oc2nc3ccccc3[nH]2)c1. The number of carbonyl (C=O) groups is 2. The first-order valence-electron chi connectivity index (χ1n) is 6.52. The molecule has 0 saturated heterocycles. The number of ether oxygens (including phenoxy) is 2. The van der Waals surface area contributed by atoms with Crippen molar-refractivity contribution in [1.82, 2.24) is 9.97 Å². The lowest BCUT2D eigenvalue weighted by Crippen LogP contribution is -2.11. The van der Waals surface area contributed by atoms with Crippen LogP contribution in [0.3, 0.4) is 0 Å². The third-order valence-electron chi connectivity index (χ3n) is 3.08.